The second kappa shape index (κ2) is 8.46. The number of aromatic hydroxyl groups is 1. The number of hydrogen-bond acceptors (Lipinski definition) is 7. The molecular weight excluding hydrogens is 328 g/mol. The molecule has 1 aromatic carbocycles. The van der Waals surface area contributed by atoms with Crippen molar-refractivity contribution >= 4 is 17.8 Å². The number of ether oxygens (including phenoxy) is 2. The fourth-order valence-electron chi connectivity index (χ4n) is 2.34. The summed E-state index contributed by atoms with van der Waals surface area (Å²) in [5.74, 6) is -1.28. The van der Waals surface area contributed by atoms with Crippen molar-refractivity contribution in [1.29, 1.82) is 0 Å². The van der Waals surface area contributed by atoms with E-state index in [-0.39, 0.29) is 30.8 Å². The third-order valence-electron chi connectivity index (χ3n) is 3.69. The molecule has 0 fully saturated rings. The number of carbonyl (C=O) groups is 2. The molecule has 0 radical (unpaired) electrons. The van der Waals surface area contributed by atoms with Crippen LogP contribution in [0.25, 0.3) is 6.08 Å². The van der Waals surface area contributed by atoms with Crippen molar-refractivity contribution in [3.63, 3.8) is 0 Å². The molecule has 134 valence electrons. The molecule has 0 aliphatic carbocycles. The first-order valence-electron chi connectivity index (χ1n) is 7.75. The number of phenolic OH excluding ortho intramolecular Hbond substituents is 1. The van der Waals surface area contributed by atoms with Crippen molar-refractivity contribution in [2.45, 2.75) is 25.0 Å². The third-order valence-corrected chi connectivity index (χ3v) is 3.69. The van der Waals surface area contributed by atoms with Crippen LogP contribution in [0.4, 0.5) is 0 Å². The highest BCUT2D eigenvalue weighted by atomic mass is 16.5. The van der Waals surface area contributed by atoms with E-state index < -0.39 is 24.0 Å². The Morgan fingerprint density at radius 2 is 1.92 bits per heavy atom. The van der Waals surface area contributed by atoms with E-state index in [4.69, 9.17) is 9.47 Å². The van der Waals surface area contributed by atoms with Gasteiger partial charge in [0.15, 0.2) is 5.78 Å². The molecule has 7 heteroatoms. The van der Waals surface area contributed by atoms with Crippen LogP contribution in [0.15, 0.2) is 30.4 Å². The van der Waals surface area contributed by atoms with Gasteiger partial charge in [-0.3, -0.25) is 4.79 Å². The number of hydrogen-bond donors (Lipinski definition) is 3. The summed E-state index contributed by atoms with van der Waals surface area (Å²) in [5, 5.41) is 29.8. The van der Waals surface area contributed by atoms with Crippen molar-refractivity contribution in [3.8, 4) is 11.5 Å². The molecule has 3 N–H and O–H groups in total. The van der Waals surface area contributed by atoms with E-state index in [0.717, 1.165) is 6.08 Å². The van der Waals surface area contributed by atoms with Crippen molar-refractivity contribution in [1.82, 2.24) is 0 Å². The van der Waals surface area contributed by atoms with Gasteiger partial charge in [-0.25, -0.2) is 4.79 Å². The molecule has 7 nitrogen and oxygen atoms in total. The van der Waals surface area contributed by atoms with Crippen LogP contribution >= 0.6 is 0 Å². The van der Waals surface area contributed by atoms with E-state index in [0.29, 0.717) is 11.3 Å². The van der Waals surface area contributed by atoms with E-state index in [1.54, 1.807) is 0 Å². The lowest BCUT2D eigenvalue weighted by atomic mass is 10.0. The summed E-state index contributed by atoms with van der Waals surface area (Å²) in [5.41, 5.74) is 0.312. The first-order valence-corrected chi connectivity index (χ1v) is 7.75. The smallest absolute Gasteiger partial charge is 0.342 e. The maximum absolute atomic E-state index is 12.2. The van der Waals surface area contributed by atoms with Gasteiger partial charge in [-0.1, -0.05) is 18.2 Å². The highest BCUT2D eigenvalue weighted by Crippen LogP contribution is 2.30. The number of benzene rings is 1. The first-order chi connectivity index (χ1) is 11.9. The Hall–Kier alpha value is -2.64. The largest absolute Gasteiger partial charge is 0.507 e. The maximum atomic E-state index is 12.2. The molecule has 1 heterocycles. The number of aliphatic hydroxyl groups is 2. The Morgan fingerprint density at radius 1 is 1.16 bits per heavy atom. The molecule has 25 heavy (non-hydrogen) atoms. The molecule has 2 atom stereocenters. The fourth-order valence-corrected chi connectivity index (χ4v) is 2.34. The molecule has 1 unspecified atom stereocenters. The molecule has 1 aromatic rings. The number of rotatable bonds is 1. The van der Waals surface area contributed by atoms with E-state index in [2.05, 4.69) is 0 Å². The lowest BCUT2D eigenvalue weighted by molar-refractivity contribution is -0.127. The Kier molecular flexibility index (Phi) is 6.32. The molecule has 0 saturated heterocycles. The number of fused-ring (bicyclic) bond motifs is 1. The number of esters is 1. The Bertz CT molecular complexity index is 706. The van der Waals surface area contributed by atoms with Crippen LogP contribution in [-0.4, -0.2) is 53.0 Å². The van der Waals surface area contributed by atoms with Crippen LogP contribution < -0.4 is 4.74 Å². The molecule has 0 saturated carbocycles. The zero-order valence-corrected chi connectivity index (χ0v) is 13.7. The first kappa shape index (κ1) is 18.7. The molecular formula is C18H20O7. The van der Waals surface area contributed by atoms with E-state index in [9.17, 15) is 24.9 Å². The number of aliphatic hydroxyl groups excluding tert-OH is 2. The number of cyclic esters (lactones) is 1. The summed E-state index contributed by atoms with van der Waals surface area (Å²) >= 11 is 0. The lowest BCUT2D eigenvalue weighted by Gasteiger charge is -2.14. The Balaban J connectivity index is 2.40. The molecule has 1 aliphatic heterocycles. The van der Waals surface area contributed by atoms with Gasteiger partial charge in [0.2, 0.25) is 0 Å². The summed E-state index contributed by atoms with van der Waals surface area (Å²) in [6.07, 6.45) is 2.98. The Morgan fingerprint density at radius 3 is 2.64 bits per heavy atom. The van der Waals surface area contributed by atoms with Crippen molar-refractivity contribution in [3.05, 3.63) is 41.5 Å². The number of phenols is 1. The van der Waals surface area contributed by atoms with Crippen LogP contribution in [0.2, 0.25) is 0 Å². The summed E-state index contributed by atoms with van der Waals surface area (Å²) in [6.45, 7) is -0.00408. The van der Waals surface area contributed by atoms with Gasteiger partial charge in [0.05, 0.1) is 19.8 Å². The average molecular weight is 348 g/mol. The molecule has 0 aromatic heterocycles. The maximum Gasteiger partial charge on any atom is 0.342 e. The van der Waals surface area contributed by atoms with E-state index >= 15 is 0 Å². The van der Waals surface area contributed by atoms with E-state index in [1.165, 1.54) is 37.5 Å². The van der Waals surface area contributed by atoms with Crippen LogP contribution in [0.5, 0.6) is 11.5 Å². The molecule has 1 aliphatic rings. The van der Waals surface area contributed by atoms with Gasteiger partial charge in [-0.15, -0.1) is 0 Å². The molecule has 2 rings (SSSR count). The van der Waals surface area contributed by atoms with Gasteiger partial charge in [0, 0.05) is 6.07 Å². The van der Waals surface area contributed by atoms with Crippen molar-refractivity contribution in [2.75, 3.05) is 13.7 Å². The van der Waals surface area contributed by atoms with Gasteiger partial charge in [0.1, 0.15) is 23.2 Å². The standard InChI is InChI=1S/C18H20O7/c1-24-12-9-11-5-4-7-14(20)17(22)13(19)6-2-3-8-25-18(23)16(11)15(21)10-12/h2,4-6,9-10,14,17,20-22H,3,7-8H2,1H3/b5-4+,6-2-/t14-,17?/m0/s1. The van der Waals surface area contributed by atoms with Gasteiger partial charge < -0.3 is 24.8 Å². The number of ketones is 1. The summed E-state index contributed by atoms with van der Waals surface area (Å²) in [6, 6.07) is 2.83. The average Bonchev–Trinajstić information content (AvgIpc) is 2.59. The van der Waals surface area contributed by atoms with Crippen LogP contribution in [-0.2, 0) is 9.53 Å². The SMILES string of the molecule is COc1cc(O)c2c(c1)/C=C/C[C@H](O)C(O)C(=O)/C=C\CCOC2=O. The topological polar surface area (TPSA) is 113 Å². The molecule has 0 bridgehead atoms. The third kappa shape index (κ3) is 4.68. The minimum absolute atomic E-state index is 0.00408. The van der Waals surface area contributed by atoms with Crippen LogP contribution in [0.1, 0.15) is 28.8 Å². The van der Waals surface area contributed by atoms with Crippen LogP contribution in [0.3, 0.4) is 0 Å². The molecule has 0 spiro atoms. The predicted octanol–water partition coefficient (Wildman–Crippen LogP) is 1.21. The number of methoxy groups -OCH3 is 1. The highest BCUT2D eigenvalue weighted by molar-refractivity contribution is 5.97. The lowest BCUT2D eigenvalue weighted by Crippen LogP contribution is -2.32. The monoisotopic (exact) mass is 348 g/mol. The minimum Gasteiger partial charge on any atom is -0.507 e. The normalized spacial score (nSPS) is 24.6. The summed E-state index contributed by atoms with van der Waals surface area (Å²) < 4.78 is 10.2. The zero-order chi connectivity index (χ0) is 18.4. The number of carbonyl (C=O) groups excluding carboxylic acids is 2. The predicted molar refractivity (Wildman–Crippen MR) is 89.4 cm³/mol. The zero-order valence-electron chi connectivity index (χ0n) is 13.7. The highest BCUT2D eigenvalue weighted by Gasteiger charge is 2.22. The van der Waals surface area contributed by atoms with Crippen LogP contribution in [0, 0.1) is 0 Å². The Labute approximate surface area is 144 Å². The quantitative estimate of drug-likeness (QED) is 0.654. The van der Waals surface area contributed by atoms with Crippen molar-refractivity contribution < 1.29 is 34.4 Å². The van der Waals surface area contributed by atoms with Crippen molar-refractivity contribution in [2.24, 2.45) is 0 Å². The van der Waals surface area contributed by atoms with Gasteiger partial charge in [-0.05, 0) is 30.5 Å². The van der Waals surface area contributed by atoms with Gasteiger partial charge >= 0.3 is 5.97 Å². The van der Waals surface area contributed by atoms with Gasteiger partial charge in [0.25, 0.3) is 0 Å². The second-order valence-electron chi connectivity index (χ2n) is 5.49. The fraction of sp³-hybridized carbons (Fsp3) is 0.333. The molecule has 0 amide bonds. The van der Waals surface area contributed by atoms with Gasteiger partial charge in [-0.2, -0.15) is 0 Å². The summed E-state index contributed by atoms with van der Waals surface area (Å²) in [7, 11) is 1.42. The minimum atomic E-state index is -1.54. The summed E-state index contributed by atoms with van der Waals surface area (Å²) in [4.78, 5) is 23.9. The van der Waals surface area contributed by atoms with E-state index in [1.807, 2.05) is 0 Å². The second-order valence-corrected chi connectivity index (χ2v) is 5.49.